The highest BCUT2D eigenvalue weighted by molar-refractivity contribution is 5.99. The van der Waals surface area contributed by atoms with Crippen LogP contribution in [0.3, 0.4) is 0 Å². The number of ether oxygens (including phenoxy) is 1. The van der Waals surface area contributed by atoms with E-state index in [4.69, 9.17) is 9.84 Å². The topological polar surface area (TPSA) is 99.2 Å². The van der Waals surface area contributed by atoms with Crippen molar-refractivity contribution in [3.05, 3.63) is 29.8 Å². The molecule has 0 bridgehead atoms. The Labute approximate surface area is 139 Å². The van der Waals surface area contributed by atoms with Crippen LogP contribution in [0.1, 0.15) is 10.4 Å². The van der Waals surface area contributed by atoms with Gasteiger partial charge >= 0.3 is 0 Å². The predicted molar refractivity (Wildman–Crippen MR) is 83.4 cm³/mol. The Morgan fingerprint density at radius 1 is 1.38 bits per heavy atom. The van der Waals surface area contributed by atoms with Crippen LogP contribution in [0.5, 0.6) is 5.75 Å². The fourth-order valence-corrected chi connectivity index (χ4v) is 3.05. The molecular formula is C16H19N3O5. The van der Waals surface area contributed by atoms with E-state index >= 15 is 0 Å². The number of carbonyl (C=O) groups excluding carboxylic acids is 3. The van der Waals surface area contributed by atoms with Crippen LogP contribution < -0.4 is 10.1 Å². The number of aliphatic hydroxyl groups excluding tert-OH is 1. The average molecular weight is 333 g/mol. The number of nitrogens with zero attached hydrogens (tertiary/aromatic N) is 2. The Morgan fingerprint density at radius 2 is 2.17 bits per heavy atom. The molecule has 1 aromatic rings. The van der Waals surface area contributed by atoms with Crippen LogP contribution >= 0.6 is 0 Å². The van der Waals surface area contributed by atoms with E-state index in [1.54, 1.807) is 29.2 Å². The lowest BCUT2D eigenvalue weighted by Crippen LogP contribution is -2.70. The van der Waals surface area contributed by atoms with Gasteiger partial charge in [0.15, 0.2) is 0 Å². The van der Waals surface area contributed by atoms with E-state index < -0.39 is 18.7 Å². The zero-order valence-electron chi connectivity index (χ0n) is 13.3. The Bertz CT molecular complexity index is 677. The van der Waals surface area contributed by atoms with Gasteiger partial charge in [-0.25, -0.2) is 0 Å². The summed E-state index contributed by atoms with van der Waals surface area (Å²) in [5, 5.41) is 11.7. The lowest BCUT2D eigenvalue weighted by atomic mass is 10.0. The van der Waals surface area contributed by atoms with Gasteiger partial charge in [0.05, 0.1) is 20.3 Å². The molecule has 2 aliphatic heterocycles. The summed E-state index contributed by atoms with van der Waals surface area (Å²) in [7, 11) is 1.53. The number of benzene rings is 1. The number of amides is 3. The van der Waals surface area contributed by atoms with Crippen molar-refractivity contribution in [2.24, 2.45) is 0 Å². The standard InChI is InChI=1S/C16H19N3O5/c1-24-11-4-2-3-10(7-11)15(22)18-5-6-19-13(8-18)14(21)17-12(9-20)16(19)23/h2-4,7,12-13,20H,5-6,8-9H2,1H3,(H,17,21)/t12-,13+/m0/s1. The molecule has 2 aliphatic rings. The van der Waals surface area contributed by atoms with Crippen molar-refractivity contribution in [2.75, 3.05) is 33.4 Å². The van der Waals surface area contributed by atoms with Crippen molar-refractivity contribution >= 4 is 17.7 Å². The highest BCUT2D eigenvalue weighted by atomic mass is 16.5. The van der Waals surface area contributed by atoms with Crippen molar-refractivity contribution in [1.82, 2.24) is 15.1 Å². The zero-order chi connectivity index (χ0) is 17.3. The predicted octanol–water partition coefficient (Wildman–Crippen LogP) is -1.16. The second kappa shape index (κ2) is 6.48. The minimum atomic E-state index is -0.894. The van der Waals surface area contributed by atoms with E-state index in [1.165, 1.54) is 12.0 Å². The van der Waals surface area contributed by atoms with Gasteiger partial charge in [0.1, 0.15) is 17.8 Å². The van der Waals surface area contributed by atoms with Crippen LogP contribution in [0.15, 0.2) is 24.3 Å². The normalized spacial score (nSPS) is 23.6. The van der Waals surface area contributed by atoms with E-state index in [0.717, 1.165) is 0 Å². The van der Waals surface area contributed by atoms with Gasteiger partial charge in [-0.05, 0) is 18.2 Å². The number of aliphatic hydroxyl groups is 1. The molecule has 3 amide bonds. The van der Waals surface area contributed by atoms with Gasteiger partial charge in [-0.3, -0.25) is 14.4 Å². The molecule has 0 radical (unpaired) electrons. The number of hydrogen-bond donors (Lipinski definition) is 2. The number of nitrogens with one attached hydrogen (secondary N) is 1. The third-order valence-corrected chi connectivity index (χ3v) is 4.37. The Kier molecular flexibility index (Phi) is 4.39. The van der Waals surface area contributed by atoms with Gasteiger partial charge in [0.25, 0.3) is 5.91 Å². The summed E-state index contributed by atoms with van der Waals surface area (Å²) in [6, 6.07) is 5.19. The summed E-state index contributed by atoms with van der Waals surface area (Å²) in [4.78, 5) is 40.0. The monoisotopic (exact) mass is 333 g/mol. The van der Waals surface area contributed by atoms with Gasteiger partial charge in [0, 0.05) is 18.7 Å². The minimum absolute atomic E-state index is 0.131. The van der Waals surface area contributed by atoms with Crippen molar-refractivity contribution in [3.8, 4) is 5.75 Å². The molecule has 128 valence electrons. The Hall–Kier alpha value is -2.61. The van der Waals surface area contributed by atoms with Gasteiger partial charge in [-0.15, -0.1) is 0 Å². The van der Waals surface area contributed by atoms with Gasteiger partial charge < -0.3 is 25.0 Å². The van der Waals surface area contributed by atoms with Crippen LogP contribution in [0.2, 0.25) is 0 Å². The van der Waals surface area contributed by atoms with E-state index in [2.05, 4.69) is 5.32 Å². The highest BCUT2D eigenvalue weighted by Gasteiger charge is 2.44. The maximum absolute atomic E-state index is 12.6. The Balaban J connectivity index is 1.75. The molecule has 2 heterocycles. The fourth-order valence-electron chi connectivity index (χ4n) is 3.05. The summed E-state index contributed by atoms with van der Waals surface area (Å²) in [6.45, 7) is 0.304. The van der Waals surface area contributed by atoms with E-state index in [-0.39, 0.29) is 30.8 Å². The fraction of sp³-hybridized carbons (Fsp3) is 0.438. The first kappa shape index (κ1) is 16.3. The summed E-state index contributed by atoms with van der Waals surface area (Å²) >= 11 is 0. The van der Waals surface area contributed by atoms with E-state index in [1.807, 2.05) is 0 Å². The maximum atomic E-state index is 12.6. The number of piperazine rings is 2. The molecule has 3 rings (SSSR count). The van der Waals surface area contributed by atoms with Crippen molar-refractivity contribution in [2.45, 2.75) is 12.1 Å². The number of fused-ring (bicyclic) bond motifs is 1. The highest BCUT2D eigenvalue weighted by Crippen LogP contribution is 2.20. The average Bonchev–Trinajstić information content (AvgIpc) is 2.63. The lowest BCUT2D eigenvalue weighted by Gasteiger charge is -2.44. The molecule has 2 saturated heterocycles. The molecule has 1 aromatic carbocycles. The molecule has 2 fully saturated rings. The summed E-state index contributed by atoms with van der Waals surface area (Å²) in [5.41, 5.74) is 0.471. The molecule has 0 unspecified atom stereocenters. The quantitative estimate of drug-likeness (QED) is 0.727. The lowest BCUT2D eigenvalue weighted by molar-refractivity contribution is -0.153. The van der Waals surface area contributed by atoms with Crippen LogP contribution in [-0.4, -0.2) is 78.1 Å². The SMILES string of the molecule is COc1cccc(C(=O)N2CCN3C(=O)[C@H](CO)NC(=O)[C@H]3C2)c1. The van der Waals surface area contributed by atoms with E-state index in [9.17, 15) is 14.4 Å². The van der Waals surface area contributed by atoms with Gasteiger partial charge in [-0.1, -0.05) is 6.07 Å². The molecule has 8 heteroatoms. The minimum Gasteiger partial charge on any atom is -0.497 e. The molecule has 0 aromatic heterocycles. The molecule has 24 heavy (non-hydrogen) atoms. The molecule has 0 aliphatic carbocycles. The van der Waals surface area contributed by atoms with Crippen molar-refractivity contribution in [3.63, 3.8) is 0 Å². The van der Waals surface area contributed by atoms with Crippen molar-refractivity contribution < 1.29 is 24.2 Å². The largest absolute Gasteiger partial charge is 0.497 e. The number of methoxy groups -OCH3 is 1. The second-order valence-corrected chi connectivity index (χ2v) is 5.77. The van der Waals surface area contributed by atoms with Crippen LogP contribution in [-0.2, 0) is 9.59 Å². The second-order valence-electron chi connectivity index (χ2n) is 5.77. The third kappa shape index (κ3) is 2.80. The van der Waals surface area contributed by atoms with Crippen LogP contribution in [0.25, 0.3) is 0 Å². The summed E-state index contributed by atoms with van der Waals surface area (Å²) in [5.74, 6) is -0.290. The first-order valence-electron chi connectivity index (χ1n) is 7.70. The van der Waals surface area contributed by atoms with Crippen molar-refractivity contribution in [1.29, 1.82) is 0 Å². The van der Waals surface area contributed by atoms with Gasteiger partial charge in [0.2, 0.25) is 11.8 Å². The number of carbonyl (C=O) groups is 3. The molecule has 2 atom stereocenters. The molecule has 8 nitrogen and oxygen atoms in total. The number of hydrogen-bond acceptors (Lipinski definition) is 5. The number of rotatable bonds is 3. The van der Waals surface area contributed by atoms with Crippen LogP contribution in [0.4, 0.5) is 0 Å². The summed E-state index contributed by atoms with van der Waals surface area (Å²) in [6.07, 6.45) is 0. The van der Waals surface area contributed by atoms with Gasteiger partial charge in [-0.2, -0.15) is 0 Å². The first-order chi connectivity index (χ1) is 11.5. The molecule has 0 spiro atoms. The van der Waals surface area contributed by atoms with Crippen LogP contribution in [0, 0.1) is 0 Å². The van der Waals surface area contributed by atoms with E-state index in [0.29, 0.717) is 17.9 Å². The third-order valence-electron chi connectivity index (χ3n) is 4.37. The first-order valence-corrected chi connectivity index (χ1v) is 7.70. The smallest absolute Gasteiger partial charge is 0.254 e. The molecule has 2 N–H and O–H groups in total. The molecular weight excluding hydrogens is 314 g/mol. The molecule has 0 saturated carbocycles. The zero-order valence-corrected chi connectivity index (χ0v) is 13.3. The summed E-state index contributed by atoms with van der Waals surface area (Å²) < 4.78 is 5.12. The maximum Gasteiger partial charge on any atom is 0.254 e. The Morgan fingerprint density at radius 3 is 2.88 bits per heavy atom.